The first-order chi connectivity index (χ1) is 6.83. The van der Waals surface area contributed by atoms with Gasteiger partial charge in [0.15, 0.2) is 0 Å². The van der Waals surface area contributed by atoms with Crippen LogP contribution in [0, 0.1) is 11.8 Å². The van der Waals surface area contributed by atoms with Crippen LogP contribution in [0.4, 0.5) is 0 Å². The number of nitrogens with zero attached hydrogens (tertiary/aromatic N) is 1. The summed E-state index contributed by atoms with van der Waals surface area (Å²) in [5.41, 5.74) is -0.556. The molecule has 1 rings (SSSR count). The molecular formula is C13H27NO. The summed E-state index contributed by atoms with van der Waals surface area (Å²) in [7, 11) is 0. The van der Waals surface area contributed by atoms with Crippen molar-refractivity contribution in [1.29, 1.82) is 0 Å². The van der Waals surface area contributed by atoms with E-state index in [0.29, 0.717) is 12.0 Å². The molecule has 1 unspecified atom stereocenters. The van der Waals surface area contributed by atoms with Crippen LogP contribution in [0.1, 0.15) is 47.5 Å². The van der Waals surface area contributed by atoms with Gasteiger partial charge in [0.25, 0.3) is 0 Å². The Hall–Kier alpha value is -0.0800. The van der Waals surface area contributed by atoms with Crippen molar-refractivity contribution < 1.29 is 5.11 Å². The zero-order valence-electron chi connectivity index (χ0n) is 11.0. The first-order valence-corrected chi connectivity index (χ1v) is 6.29. The van der Waals surface area contributed by atoms with Gasteiger partial charge in [0, 0.05) is 19.1 Å². The Labute approximate surface area is 94.7 Å². The average Bonchev–Trinajstić information content (AvgIpc) is 2.86. The molecule has 1 aliphatic carbocycles. The molecule has 0 aliphatic heterocycles. The van der Waals surface area contributed by atoms with E-state index in [0.717, 1.165) is 12.5 Å². The lowest BCUT2D eigenvalue weighted by molar-refractivity contribution is -0.0270. The van der Waals surface area contributed by atoms with Gasteiger partial charge in [-0.3, -0.25) is 4.90 Å². The van der Waals surface area contributed by atoms with Gasteiger partial charge in [0.1, 0.15) is 0 Å². The van der Waals surface area contributed by atoms with E-state index in [2.05, 4.69) is 32.6 Å². The Kier molecular flexibility index (Phi) is 4.19. The van der Waals surface area contributed by atoms with Crippen LogP contribution in [0.3, 0.4) is 0 Å². The lowest BCUT2D eigenvalue weighted by Gasteiger charge is -2.36. The van der Waals surface area contributed by atoms with E-state index in [1.165, 1.54) is 19.4 Å². The summed E-state index contributed by atoms with van der Waals surface area (Å²) in [5, 5.41) is 10.3. The van der Waals surface area contributed by atoms with E-state index in [1.807, 2.05) is 6.92 Å². The summed E-state index contributed by atoms with van der Waals surface area (Å²) in [6.07, 6.45) is 2.76. The van der Waals surface area contributed by atoms with Crippen LogP contribution < -0.4 is 0 Å². The molecule has 1 fully saturated rings. The van der Waals surface area contributed by atoms with Crippen LogP contribution in [0.5, 0.6) is 0 Å². The Balaban J connectivity index is 2.48. The topological polar surface area (TPSA) is 23.5 Å². The van der Waals surface area contributed by atoms with Crippen LogP contribution in [-0.4, -0.2) is 34.7 Å². The fraction of sp³-hybridized carbons (Fsp3) is 1.00. The number of aliphatic hydroxyl groups is 1. The molecule has 90 valence electrons. The third-order valence-electron chi connectivity index (χ3n) is 3.69. The van der Waals surface area contributed by atoms with Gasteiger partial charge < -0.3 is 5.11 Å². The largest absolute Gasteiger partial charge is 0.389 e. The highest BCUT2D eigenvalue weighted by Gasteiger charge is 2.32. The second-order valence-corrected chi connectivity index (χ2v) is 5.98. The standard InChI is InChI=1S/C13H27NO/c1-10(2)13(5,15)9-14(11(3)4)8-12-6-7-12/h10-12,15H,6-9H2,1-5H3. The zero-order chi connectivity index (χ0) is 11.6. The summed E-state index contributed by atoms with van der Waals surface area (Å²) in [5.74, 6) is 1.22. The van der Waals surface area contributed by atoms with Crippen molar-refractivity contribution in [2.45, 2.75) is 59.1 Å². The maximum atomic E-state index is 10.3. The van der Waals surface area contributed by atoms with Crippen molar-refractivity contribution in [2.75, 3.05) is 13.1 Å². The normalized spacial score (nSPS) is 21.4. The summed E-state index contributed by atoms with van der Waals surface area (Å²) in [6.45, 7) is 12.6. The first kappa shape index (κ1) is 13.0. The van der Waals surface area contributed by atoms with E-state index in [9.17, 15) is 5.11 Å². The van der Waals surface area contributed by atoms with Gasteiger partial charge in [-0.1, -0.05) is 13.8 Å². The van der Waals surface area contributed by atoms with Gasteiger partial charge in [0.2, 0.25) is 0 Å². The number of rotatable bonds is 6. The van der Waals surface area contributed by atoms with Gasteiger partial charge in [0.05, 0.1) is 5.60 Å². The molecule has 0 aromatic heterocycles. The van der Waals surface area contributed by atoms with Gasteiger partial charge in [-0.2, -0.15) is 0 Å². The van der Waals surface area contributed by atoms with Crippen LogP contribution in [0.15, 0.2) is 0 Å². The summed E-state index contributed by atoms with van der Waals surface area (Å²) >= 11 is 0. The maximum Gasteiger partial charge on any atom is 0.0768 e. The molecule has 0 amide bonds. The Bertz CT molecular complexity index is 195. The number of hydrogen-bond donors (Lipinski definition) is 1. The van der Waals surface area contributed by atoms with E-state index in [1.54, 1.807) is 0 Å². The lowest BCUT2D eigenvalue weighted by Crippen LogP contribution is -2.47. The van der Waals surface area contributed by atoms with Crippen molar-refractivity contribution in [2.24, 2.45) is 11.8 Å². The van der Waals surface area contributed by atoms with E-state index in [4.69, 9.17) is 0 Å². The molecule has 1 N–H and O–H groups in total. The van der Waals surface area contributed by atoms with Crippen molar-refractivity contribution in [3.05, 3.63) is 0 Å². The molecule has 2 nitrogen and oxygen atoms in total. The Morgan fingerprint density at radius 3 is 2.13 bits per heavy atom. The molecule has 1 aliphatic rings. The Morgan fingerprint density at radius 2 is 1.80 bits per heavy atom. The highest BCUT2D eigenvalue weighted by Crippen LogP contribution is 2.31. The predicted octanol–water partition coefficient (Wildman–Crippen LogP) is 2.51. The van der Waals surface area contributed by atoms with Crippen LogP contribution in [-0.2, 0) is 0 Å². The fourth-order valence-electron chi connectivity index (χ4n) is 1.68. The van der Waals surface area contributed by atoms with Crippen LogP contribution >= 0.6 is 0 Å². The molecule has 2 heteroatoms. The summed E-state index contributed by atoms with van der Waals surface area (Å²) < 4.78 is 0. The van der Waals surface area contributed by atoms with Crippen molar-refractivity contribution in [3.63, 3.8) is 0 Å². The molecule has 0 aromatic carbocycles. The molecule has 0 radical (unpaired) electrons. The molecule has 1 saturated carbocycles. The smallest absolute Gasteiger partial charge is 0.0768 e. The van der Waals surface area contributed by atoms with E-state index in [-0.39, 0.29) is 0 Å². The molecule has 1 atom stereocenters. The van der Waals surface area contributed by atoms with Gasteiger partial charge >= 0.3 is 0 Å². The third kappa shape index (κ3) is 4.12. The van der Waals surface area contributed by atoms with E-state index < -0.39 is 5.60 Å². The lowest BCUT2D eigenvalue weighted by atomic mass is 9.91. The maximum absolute atomic E-state index is 10.3. The predicted molar refractivity (Wildman–Crippen MR) is 64.9 cm³/mol. The van der Waals surface area contributed by atoms with Gasteiger partial charge in [-0.25, -0.2) is 0 Å². The SMILES string of the molecule is CC(C)N(CC1CC1)CC(C)(O)C(C)C. The minimum absolute atomic E-state index is 0.318. The molecular weight excluding hydrogens is 186 g/mol. The van der Waals surface area contributed by atoms with Crippen molar-refractivity contribution in [3.8, 4) is 0 Å². The quantitative estimate of drug-likeness (QED) is 0.733. The van der Waals surface area contributed by atoms with Gasteiger partial charge in [-0.15, -0.1) is 0 Å². The van der Waals surface area contributed by atoms with Crippen LogP contribution in [0.25, 0.3) is 0 Å². The number of hydrogen-bond acceptors (Lipinski definition) is 2. The van der Waals surface area contributed by atoms with E-state index >= 15 is 0 Å². The second kappa shape index (κ2) is 4.84. The highest BCUT2D eigenvalue weighted by molar-refractivity contribution is 4.85. The molecule has 0 heterocycles. The summed E-state index contributed by atoms with van der Waals surface area (Å²) in [6, 6.07) is 0.538. The average molecular weight is 213 g/mol. The minimum atomic E-state index is -0.556. The third-order valence-corrected chi connectivity index (χ3v) is 3.69. The zero-order valence-corrected chi connectivity index (χ0v) is 11.0. The van der Waals surface area contributed by atoms with Crippen molar-refractivity contribution >= 4 is 0 Å². The molecule has 0 saturated heterocycles. The fourth-order valence-corrected chi connectivity index (χ4v) is 1.68. The van der Waals surface area contributed by atoms with Gasteiger partial charge in [-0.05, 0) is 45.4 Å². The second-order valence-electron chi connectivity index (χ2n) is 5.98. The van der Waals surface area contributed by atoms with Crippen molar-refractivity contribution in [1.82, 2.24) is 4.90 Å². The summed E-state index contributed by atoms with van der Waals surface area (Å²) in [4.78, 5) is 2.43. The minimum Gasteiger partial charge on any atom is -0.389 e. The molecule has 0 bridgehead atoms. The van der Waals surface area contributed by atoms with Crippen LogP contribution in [0.2, 0.25) is 0 Å². The first-order valence-electron chi connectivity index (χ1n) is 6.29. The molecule has 0 spiro atoms. The molecule has 0 aromatic rings. The Morgan fingerprint density at radius 1 is 1.27 bits per heavy atom. The molecule has 15 heavy (non-hydrogen) atoms. The monoisotopic (exact) mass is 213 g/mol. The highest BCUT2D eigenvalue weighted by atomic mass is 16.3.